The number of ether oxygens (including phenoxy) is 1. The van der Waals surface area contributed by atoms with Gasteiger partial charge in [-0.1, -0.05) is 0 Å². The largest absolute Gasteiger partial charge is 0.454 e. The maximum atomic E-state index is 14.4. The van der Waals surface area contributed by atoms with E-state index < -0.39 is 27.3 Å². The topological polar surface area (TPSA) is 118 Å². The third-order valence-corrected chi connectivity index (χ3v) is 6.75. The summed E-state index contributed by atoms with van der Waals surface area (Å²) in [5.74, 6) is -1.18. The standard InChI is InChI=1S/C25H27F2N5O4S/c1-5-37(34,35)31-18-7-9-22(36-23-8-6-17(26)11-20(23)27)19(12-18)16-10-21(28-14-25(3,4)33)24-30-29-15(2)32(24)13-16/h6-13,28,31,33H,5,14H2,1-4H3. The highest BCUT2D eigenvalue weighted by Gasteiger charge is 2.19. The van der Waals surface area contributed by atoms with Crippen LogP contribution in [0.4, 0.5) is 20.2 Å². The van der Waals surface area contributed by atoms with Crippen LogP contribution in [-0.4, -0.2) is 46.0 Å². The summed E-state index contributed by atoms with van der Waals surface area (Å²) in [6.45, 7) is 6.80. The number of hydrogen-bond acceptors (Lipinski definition) is 7. The monoisotopic (exact) mass is 531 g/mol. The molecule has 9 nitrogen and oxygen atoms in total. The summed E-state index contributed by atoms with van der Waals surface area (Å²) in [4.78, 5) is 0. The fourth-order valence-corrected chi connectivity index (χ4v) is 4.16. The zero-order chi connectivity index (χ0) is 27.0. The summed E-state index contributed by atoms with van der Waals surface area (Å²) in [5, 5.41) is 21.7. The highest BCUT2D eigenvalue weighted by molar-refractivity contribution is 7.92. The minimum atomic E-state index is -3.58. The second kappa shape index (κ2) is 9.94. The summed E-state index contributed by atoms with van der Waals surface area (Å²) in [6.07, 6.45) is 1.74. The van der Waals surface area contributed by atoms with Crippen LogP contribution in [-0.2, 0) is 10.0 Å². The Labute approximate surface area is 213 Å². The van der Waals surface area contributed by atoms with Crippen molar-refractivity contribution in [1.82, 2.24) is 14.6 Å². The van der Waals surface area contributed by atoms with Crippen LogP contribution >= 0.6 is 0 Å². The lowest BCUT2D eigenvalue weighted by Gasteiger charge is -2.20. The number of halogens is 2. The molecule has 0 spiro atoms. The van der Waals surface area contributed by atoms with Gasteiger partial charge in [-0.25, -0.2) is 17.2 Å². The van der Waals surface area contributed by atoms with Crippen molar-refractivity contribution in [2.24, 2.45) is 0 Å². The number of anilines is 2. The van der Waals surface area contributed by atoms with E-state index in [2.05, 4.69) is 20.2 Å². The van der Waals surface area contributed by atoms with E-state index in [1.54, 1.807) is 43.5 Å². The van der Waals surface area contributed by atoms with Gasteiger partial charge in [0.1, 0.15) is 17.4 Å². The van der Waals surface area contributed by atoms with E-state index in [0.717, 1.165) is 6.07 Å². The molecule has 0 saturated heterocycles. The van der Waals surface area contributed by atoms with Crippen LogP contribution in [0.15, 0.2) is 48.7 Å². The van der Waals surface area contributed by atoms with Crippen LogP contribution in [0.2, 0.25) is 0 Å². The first-order valence-corrected chi connectivity index (χ1v) is 13.1. The summed E-state index contributed by atoms with van der Waals surface area (Å²) >= 11 is 0. The molecule has 0 amide bonds. The molecule has 0 fully saturated rings. The maximum Gasteiger partial charge on any atom is 0.232 e. The SMILES string of the molecule is CCS(=O)(=O)Nc1ccc(Oc2ccc(F)cc2F)c(-c2cc(NCC(C)(C)O)c3nnc(C)n3c2)c1. The van der Waals surface area contributed by atoms with Gasteiger partial charge in [-0.15, -0.1) is 10.2 Å². The number of rotatable bonds is 9. The van der Waals surface area contributed by atoms with Crippen LogP contribution in [0.1, 0.15) is 26.6 Å². The molecule has 0 saturated carbocycles. The fraction of sp³-hybridized carbons (Fsp3) is 0.280. The number of fused-ring (bicyclic) bond motifs is 1. The molecule has 2 heterocycles. The lowest BCUT2D eigenvalue weighted by atomic mass is 10.0. The summed E-state index contributed by atoms with van der Waals surface area (Å²) in [7, 11) is -3.58. The first-order valence-electron chi connectivity index (χ1n) is 11.4. The van der Waals surface area contributed by atoms with E-state index in [4.69, 9.17) is 4.74 Å². The van der Waals surface area contributed by atoms with Crippen molar-refractivity contribution < 1.29 is 27.0 Å². The smallest absolute Gasteiger partial charge is 0.232 e. The Balaban J connectivity index is 1.88. The zero-order valence-electron chi connectivity index (χ0n) is 20.7. The number of pyridine rings is 1. The first-order chi connectivity index (χ1) is 17.3. The Kier molecular flexibility index (Phi) is 7.07. The lowest BCUT2D eigenvalue weighted by molar-refractivity contribution is 0.0945. The van der Waals surface area contributed by atoms with Gasteiger partial charge in [-0.3, -0.25) is 9.12 Å². The number of sulfonamides is 1. The lowest BCUT2D eigenvalue weighted by Crippen LogP contribution is -2.29. The third-order valence-electron chi connectivity index (χ3n) is 5.44. The molecule has 37 heavy (non-hydrogen) atoms. The van der Waals surface area contributed by atoms with Gasteiger partial charge in [0.25, 0.3) is 0 Å². The van der Waals surface area contributed by atoms with Gasteiger partial charge in [-0.05, 0) is 64.1 Å². The highest BCUT2D eigenvalue weighted by Crippen LogP contribution is 2.38. The van der Waals surface area contributed by atoms with Crippen molar-refractivity contribution in [1.29, 1.82) is 0 Å². The second-order valence-corrected chi connectivity index (χ2v) is 11.2. The van der Waals surface area contributed by atoms with Crippen LogP contribution in [0.3, 0.4) is 0 Å². The molecule has 2 aromatic carbocycles. The van der Waals surface area contributed by atoms with Gasteiger partial charge in [0.2, 0.25) is 10.0 Å². The molecule has 0 atom stereocenters. The quantitative estimate of drug-likeness (QED) is 0.286. The van der Waals surface area contributed by atoms with Crippen molar-refractivity contribution >= 4 is 27.0 Å². The van der Waals surface area contributed by atoms with E-state index in [9.17, 15) is 22.3 Å². The second-order valence-electron chi connectivity index (χ2n) is 9.14. The number of nitrogens with one attached hydrogen (secondary N) is 2. The van der Waals surface area contributed by atoms with Crippen molar-refractivity contribution in [2.75, 3.05) is 22.3 Å². The molecule has 0 aliphatic carbocycles. The zero-order valence-corrected chi connectivity index (χ0v) is 21.5. The summed E-state index contributed by atoms with van der Waals surface area (Å²) in [5.41, 5.74) is 1.30. The number of nitrogens with zero attached hydrogens (tertiary/aromatic N) is 3. The number of hydrogen-bond donors (Lipinski definition) is 3. The molecule has 196 valence electrons. The van der Waals surface area contributed by atoms with Gasteiger partial charge >= 0.3 is 0 Å². The van der Waals surface area contributed by atoms with Crippen LogP contribution in [0, 0.1) is 18.6 Å². The Bertz CT molecular complexity index is 1570. The minimum Gasteiger partial charge on any atom is -0.454 e. The average Bonchev–Trinajstić information content (AvgIpc) is 3.20. The Morgan fingerprint density at radius 1 is 1.08 bits per heavy atom. The molecule has 3 N–H and O–H groups in total. The molecule has 0 bridgehead atoms. The van der Waals surface area contributed by atoms with Gasteiger partial charge in [0.15, 0.2) is 17.2 Å². The molecule has 2 aromatic heterocycles. The molecule has 0 aliphatic rings. The maximum absolute atomic E-state index is 14.4. The number of aryl methyl sites for hydroxylation is 1. The number of aliphatic hydroxyl groups is 1. The molecule has 4 aromatic rings. The van der Waals surface area contributed by atoms with E-state index in [1.165, 1.54) is 25.1 Å². The predicted octanol–water partition coefficient (Wildman–Crippen LogP) is 4.72. The Morgan fingerprint density at radius 3 is 2.49 bits per heavy atom. The van der Waals surface area contributed by atoms with Gasteiger partial charge < -0.3 is 15.2 Å². The Morgan fingerprint density at radius 2 is 1.81 bits per heavy atom. The average molecular weight is 532 g/mol. The van der Waals surface area contributed by atoms with Crippen molar-refractivity contribution in [3.63, 3.8) is 0 Å². The molecule has 0 unspecified atom stereocenters. The molecule has 4 rings (SSSR count). The van der Waals surface area contributed by atoms with Crippen molar-refractivity contribution in [3.05, 3.63) is 66.1 Å². The molecule has 0 aliphatic heterocycles. The van der Waals surface area contributed by atoms with Crippen LogP contribution in [0.25, 0.3) is 16.8 Å². The van der Waals surface area contributed by atoms with Crippen molar-refractivity contribution in [2.45, 2.75) is 33.3 Å². The molecular formula is C25H27F2N5O4S. The predicted molar refractivity (Wildman–Crippen MR) is 137 cm³/mol. The summed E-state index contributed by atoms with van der Waals surface area (Å²) in [6, 6.07) is 9.26. The van der Waals surface area contributed by atoms with Crippen LogP contribution < -0.4 is 14.8 Å². The van der Waals surface area contributed by atoms with E-state index in [1.807, 2.05) is 0 Å². The van der Waals surface area contributed by atoms with E-state index in [0.29, 0.717) is 34.4 Å². The molecular weight excluding hydrogens is 504 g/mol. The molecule has 12 heteroatoms. The van der Waals surface area contributed by atoms with E-state index in [-0.39, 0.29) is 29.5 Å². The number of benzene rings is 2. The first kappa shape index (κ1) is 26.3. The van der Waals surface area contributed by atoms with Crippen LogP contribution in [0.5, 0.6) is 11.5 Å². The van der Waals surface area contributed by atoms with Gasteiger partial charge in [0.05, 0.1) is 17.0 Å². The van der Waals surface area contributed by atoms with Crippen molar-refractivity contribution in [3.8, 4) is 22.6 Å². The highest BCUT2D eigenvalue weighted by atomic mass is 32.2. The third kappa shape index (κ3) is 6.15. The van der Waals surface area contributed by atoms with E-state index >= 15 is 0 Å². The fourth-order valence-electron chi connectivity index (χ4n) is 3.53. The van der Waals surface area contributed by atoms with Gasteiger partial charge in [0, 0.05) is 35.6 Å². The summed E-state index contributed by atoms with van der Waals surface area (Å²) < 4.78 is 62.3. The van der Waals surface area contributed by atoms with Gasteiger partial charge in [-0.2, -0.15) is 0 Å². The number of aromatic nitrogens is 3. The minimum absolute atomic E-state index is 0.127. The molecule has 0 radical (unpaired) electrons. The Hall–Kier alpha value is -3.77. The normalized spacial score (nSPS) is 12.1.